The van der Waals surface area contributed by atoms with E-state index < -0.39 is 9.41 Å². The maximum absolute atomic E-state index is 10.2. The predicted molar refractivity (Wildman–Crippen MR) is 53.4 cm³/mol. The molecule has 2 N–H and O–H groups in total. The molecule has 0 saturated carbocycles. The molecule has 1 aromatic rings. The first-order valence-corrected chi connectivity index (χ1v) is 5.04. The van der Waals surface area contributed by atoms with E-state index in [4.69, 9.17) is 0 Å². The molecule has 3 nitrogen and oxygen atoms in total. The van der Waals surface area contributed by atoms with Crippen LogP contribution in [0.25, 0.3) is 0 Å². The van der Waals surface area contributed by atoms with Crippen LogP contribution < -0.4 is 10.9 Å². The number of amides is 1. The first kappa shape index (κ1) is 11.7. The monoisotopic (exact) mass is 195 g/mol. The summed E-state index contributed by atoms with van der Waals surface area (Å²) < 4.78 is 10.2. The highest BCUT2D eigenvalue weighted by Gasteiger charge is 1.81. The van der Waals surface area contributed by atoms with Crippen molar-refractivity contribution in [3.8, 4) is 0 Å². The van der Waals surface area contributed by atoms with Crippen LogP contribution in [0.1, 0.15) is 13.3 Å². The van der Waals surface area contributed by atoms with Gasteiger partial charge in [-0.1, -0.05) is 37.3 Å². The number of hydrogen-bond donors (Lipinski definition) is 1. The van der Waals surface area contributed by atoms with Gasteiger partial charge in [0.1, 0.15) is 0 Å². The summed E-state index contributed by atoms with van der Waals surface area (Å²) in [6.07, 6.45) is 0.444. The minimum Gasteiger partial charge on any atom is -0.386 e. The summed E-state index contributed by atoms with van der Waals surface area (Å²) in [5, 5.41) is 0.938. The molecule has 0 saturated heterocycles. The van der Waals surface area contributed by atoms with Crippen molar-refractivity contribution >= 4 is 20.5 Å². The fourth-order valence-electron chi connectivity index (χ4n) is 0.532. The Hall–Kier alpha value is -1.29. The fraction of sp³-hybridized carbons (Fsp3) is 0.222. The topological polar surface area (TPSA) is 60.2 Å². The summed E-state index contributed by atoms with van der Waals surface area (Å²) in [4.78, 5) is 9.59. The van der Waals surface area contributed by atoms with Gasteiger partial charge in [-0.2, -0.15) is 0 Å². The highest BCUT2D eigenvalue weighted by atomic mass is 28.2. The third-order valence-corrected chi connectivity index (χ3v) is 1.94. The van der Waals surface area contributed by atoms with Crippen LogP contribution in [0.4, 0.5) is 0 Å². The van der Waals surface area contributed by atoms with Crippen molar-refractivity contribution in [3.63, 3.8) is 0 Å². The van der Waals surface area contributed by atoms with Crippen LogP contribution in [-0.2, 0) is 9.26 Å². The summed E-state index contributed by atoms with van der Waals surface area (Å²) in [6, 6.07) is 9.42. The maximum Gasteiger partial charge on any atom is 0.296 e. The van der Waals surface area contributed by atoms with E-state index in [1.165, 1.54) is 0 Å². The lowest BCUT2D eigenvalue weighted by Gasteiger charge is -1.81. The lowest BCUT2D eigenvalue weighted by atomic mass is 10.4. The molecule has 13 heavy (non-hydrogen) atoms. The van der Waals surface area contributed by atoms with Gasteiger partial charge >= 0.3 is 0 Å². The Bertz CT molecular complexity index is 262. The summed E-state index contributed by atoms with van der Waals surface area (Å²) in [5.41, 5.74) is 4.65. The van der Waals surface area contributed by atoms with Crippen LogP contribution in [0.2, 0.25) is 0 Å². The lowest BCUT2D eigenvalue weighted by Crippen LogP contribution is -2.06. The van der Waals surface area contributed by atoms with Crippen LogP contribution in [0.15, 0.2) is 30.3 Å². The van der Waals surface area contributed by atoms with Crippen molar-refractivity contribution < 1.29 is 9.26 Å². The fourth-order valence-corrected chi connectivity index (χ4v) is 0.911. The summed E-state index contributed by atoms with van der Waals surface area (Å²) in [7, 11) is -0.739. The molecule has 4 heteroatoms. The van der Waals surface area contributed by atoms with E-state index >= 15 is 0 Å². The van der Waals surface area contributed by atoms with Crippen LogP contribution >= 0.6 is 0 Å². The van der Waals surface area contributed by atoms with Crippen LogP contribution in [-0.4, -0.2) is 15.3 Å². The Morgan fingerprint density at radius 1 is 1.38 bits per heavy atom. The second-order valence-electron chi connectivity index (χ2n) is 2.35. The van der Waals surface area contributed by atoms with Crippen molar-refractivity contribution in [2.75, 3.05) is 0 Å². The quantitative estimate of drug-likeness (QED) is 0.674. The van der Waals surface area contributed by atoms with Crippen LogP contribution in [0, 0.1) is 0 Å². The Morgan fingerprint density at radius 3 is 2.08 bits per heavy atom. The molecule has 0 aliphatic heterocycles. The first-order chi connectivity index (χ1) is 6.20. The molecule has 0 unspecified atom stereocenters. The minimum atomic E-state index is -0.739. The molecule has 0 aromatic heterocycles. The van der Waals surface area contributed by atoms with Gasteiger partial charge in [0.15, 0.2) is 0 Å². The van der Waals surface area contributed by atoms with E-state index in [-0.39, 0.29) is 5.91 Å². The molecule has 0 fully saturated rings. The number of primary amides is 1. The van der Waals surface area contributed by atoms with Crippen molar-refractivity contribution in [2.24, 2.45) is 5.73 Å². The van der Waals surface area contributed by atoms with Gasteiger partial charge in [0.2, 0.25) is 5.91 Å². The largest absolute Gasteiger partial charge is 0.386 e. The summed E-state index contributed by atoms with van der Waals surface area (Å²) in [5.74, 6) is -0.245. The van der Waals surface area contributed by atoms with E-state index in [9.17, 15) is 9.26 Å². The molecule has 1 amide bonds. The summed E-state index contributed by atoms with van der Waals surface area (Å²) >= 11 is 0. The molecular weight excluding hydrogens is 182 g/mol. The minimum absolute atomic E-state index is 0.245. The standard InChI is InChI=1S/C6H6OSi.C3H7NO/c7-8-6-4-2-1-3-5-6;1-2-3(4)5/h1-5,8H;2H2,1H3,(H2,4,5). The van der Waals surface area contributed by atoms with Gasteiger partial charge in [0.25, 0.3) is 9.41 Å². The van der Waals surface area contributed by atoms with Crippen molar-refractivity contribution in [2.45, 2.75) is 13.3 Å². The average Bonchev–Trinajstić information content (AvgIpc) is 2.20. The molecule has 0 spiro atoms. The van der Waals surface area contributed by atoms with Gasteiger partial charge in [0.05, 0.1) is 0 Å². The van der Waals surface area contributed by atoms with Crippen molar-refractivity contribution in [3.05, 3.63) is 30.3 Å². The van der Waals surface area contributed by atoms with Gasteiger partial charge in [-0.25, -0.2) is 0 Å². The van der Waals surface area contributed by atoms with E-state index in [0.29, 0.717) is 6.42 Å². The Labute approximate surface area is 79.8 Å². The number of carbonyl (C=O) groups is 1. The Kier molecular flexibility index (Phi) is 6.63. The van der Waals surface area contributed by atoms with E-state index in [1.54, 1.807) is 6.92 Å². The molecular formula is C9H13NO2Si. The van der Waals surface area contributed by atoms with E-state index in [1.807, 2.05) is 30.3 Å². The zero-order valence-corrected chi connectivity index (χ0v) is 8.72. The normalized spacial score (nSPS) is 8.08. The third-order valence-electron chi connectivity index (χ3n) is 1.28. The van der Waals surface area contributed by atoms with E-state index in [2.05, 4.69) is 5.73 Å². The maximum atomic E-state index is 10.2. The molecule has 0 bridgehead atoms. The van der Waals surface area contributed by atoms with Crippen LogP contribution in [0.3, 0.4) is 0 Å². The van der Waals surface area contributed by atoms with Crippen LogP contribution in [0.5, 0.6) is 0 Å². The van der Waals surface area contributed by atoms with Gasteiger partial charge < -0.3 is 10.2 Å². The van der Waals surface area contributed by atoms with E-state index in [0.717, 1.165) is 5.19 Å². The van der Waals surface area contributed by atoms with Gasteiger partial charge in [-0.15, -0.1) is 0 Å². The average molecular weight is 195 g/mol. The SMILES string of the molecule is CCC(N)=O.O=[SiH]c1ccccc1. The number of carbonyl (C=O) groups excluding carboxylic acids is 1. The molecule has 0 radical (unpaired) electrons. The number of nitrogens with two attached hydrogens (primary N) is 1. The lowest BCUT2D eigenvalue weighted by molar-refractivity contribution is -0.117. The van der Waals surface area contributed by atoms with Gasteiger partial charge in [0, 0.05) is 6.42 Å². The zero-order valence-electron chi connectivity index (χ0n) is 7.57. The Balaban J connectivity index is 0.000000252. The smallest absolute Gasteiger partial charge is 0.296 e. The molecule has 1 aromatic carbocycles. The summed E-state index contributed by atoms with van der Waals surface area (Å²) in [6.45, 7) is 1.72. The highest BCUT2D eigenvalue weighted by molar-refractivity contribution is 6.38. The third kappa shape index (κ3) is 7.08. The molecule has 70 valence electrons. The second kappa shape index (κ2) is 7.36. The highest BCUT2D eigenvalue weighted by Crippen LogP contribution is 1.77. The zero-order chi connectivity index (χ0) is 10.1. The first-order valence-electron chi connectivity index (χ1n) is 3.99. The predicted octanol–water partition coefficient (Wildman–Crippen LogP) is -0.0244. The second-order valence-corrected chi connectivity index (χ2v) is 3.25. The van der Waals surface area contributed by atoms with Crippen molar-refractivity contribution in [1.29, 1.82) is 0 Å². The molecule has 0 aliphatic carbocycles. The molecule has 0 atom stereocenters. The number of rotatable bonds is 2. The van der Waals surface area contributed by atoms with Crippen molar-refractivity contribution in [1.82, 2.24) is 0 Å². The number of hydrogen-bond acceptors (Lipinski definition) is 2. The number of benzene rings is 1. The van der Waals surface area contributed by atoms with Gasteiger partial charge in [-0.05, 0) is 5.19 Å². The molecule has 0 aliphatic rings. The molecule has 0 heterocycles. The molecule has 1 rings (SSSR count). The van der Waals surface area contributed by atoms with Gasteiger partial charge in [-0.3, -0.25) is 4.79 Å². The Morgan fingerprint density at radius 2 is 1.85 bits per heavy atom.